The van der Waals surface area contributed by atoms with E-state index < -0.39 is 12.5 Å². The predicted octanol–water partition coefficient (Wildman–Crippen LogP) is 6.73. The number of hydrogen-bond acceptors (Lipinski definition) is 1. The predicted molar refractivity (Wildman–Crippen MR) is 91.6 cm³/mol. The number of halogens is 2. The van der Waals surface area contributed by atoms with E-state index in [4.69, 9.17) is 4.74 Å². The van der Waals surface area contributed by atoms with Crippen molar-refractivity contribution < 1.29 is 13.5 Å². The van der Waals surface area contributed by atoms with Crippen LogP contribution >= 0.6 is 0 Å². The normalized spacial score (nSPS) is 32.7. The van der Waals surface area contributed by atoms with Crippen molar-refractivity contribution in [3.63, 3.8) is 0 Å². The van der Waals surface area contributed by atoms with Crippen LogP contribution in [0.4, 0.5) is 8.78 Å². The SMILES string of the molecule is CCCCCC1CCC(C2CCC(O/C=C(/F)CF)CC2)CC1. The van der Waals surface area contributed by atoms with Crippen molar-refractivity contribution in [3.05, 3.63) is 12.1 Å². The molecule has 0 aromatic rings. The molecule has 2 fully saturated rings. The Bertz CT molecular complexity index is 340. The fourth-order valence-electron chi connectivity index (χ4n) is 4.53. The van der Waals surface area contributed by atoms with E-state index in [9.17, 15) is 8.78 Å². The van der Waals surface area contributed by atoms with Crippen molar-refractivity contribution in [1.29, 1.82) is 0 Å². The van der Waals surface area contributed by atoms with Gasteiger partial charge in [0.15, 0.2) is 5.83 Å². The van der Waals surface area contributed by atoms with Crippen molar-refractivity contribution in [2.24, 2.45) is 17.8 Å². The highest BCUT2D eigenvalue weighted by Crippen LogP contribution is 2.41. The molecule has 0 saturated heterocycles. The second kappa shape index (κ2) is 10.3. The Labute approximate surface area is 140 Å². The number of alkyl halides is 1. The summed E-state index contributed by atoms with van der Waals surface area (Å²) in [7, 11) is 0. The van der Waals surface area contributed by atoms with E-state index in [1.807, 2.05) is 0 Å². The molecule has 0 heterocycles. The minimum absolute atomic E-state index is 0.0916. The molecule has 3 heteroatoms. The summed E-state index contributed by atoms with van der Waals surface area (Å²) in [5, 5.41) is 0. The van der Waals surface area contributed by atoms with Gasteiger partial charge in [0.2, 0.25) is 0 Å². The Morgan fingerprint density at radius 3 is 2.13 bits per heavy atom. The zero-order valence-electron chi connectivity index (χ0n) is 14.7. The lowest BCUT2D eigenvalue weighted by Gasteiger charge is -2.37. The summed E-state index contributed by atoms with van der Waals surface area (Å²) < 4.78 is 30.2. The number of hydrogen-bond donors (Lipinski definition) is 0. The summed E-state index contributed by atoms with van der Waals surface area (Å²) in [5.41, 5.74) is 0. The Hall–Kier alpha value is -0.600. The third kappa shape index (κ3) is 6.43. The van der Waals surface area contributed by atoms with Gasteiger partial charge >= 0.3 is 0 Å². The summed E-state index contributed by atoms with van der Waals surface area (Å²) in [6, 6.07) is 0. The zero-order chi connectivity index (χ0) is 16.5. The molecule has 2 aliphatic carbocycles. The van der Waals surface area contributed by atoms with E-state index in [1.165, 1.54) is 64.2 Å². The Morgan fingerprint density at radius 2 is 1.57 bits per heavy atom. The van der Waals surface area contributed by atoms with Gasteiger partial charge in [-0.1, -0.05) is 45.4 Å². The Balaban J connectivity index is 1.63. The molecule has 0 spiro atoms. The lowest BCUT2D eigenvalue weighted by Crippen LogP contribution is -2.28. The number of rotatable bonds is 8. The van der Waals surface area contributed by atoms with Crippen LogP contribution in [-0.4, -0.2) is 12.8 Å². The molecule has 1 nitrogen and oxygen atoms in total. The van der Waals surface area contributed by atoms with Gasteiger partial charge in [0.05, 0.1) is 6.10 Å². The van der Waals surface area contributed by atoms with Crippen LogP contribution in [0.5, 0.6) is 0 Å². The van der Waals surface area contributed by atoms with Crippen LogP contribution < -0.4 is 0 Å². The maximum absolute atomic E-state index is 12.8. The average Bonchev–Trinajstić information content (AvgIpc) is 2.61. The molecule has 0 bridgehead atoms. The minimum atomic E-state index is -1.06. The van der Waals surface area contributed by atoms with Gasteiger partial charge in [-0.2, -0.15) is 0 Å². The second-order valence-corrected chi connectivity index (χ2v) is 7.65. The van der Waals surface area contributed by atoms with Crippen LogP contribution in [0.25, 0.3) is 0 Å². The molecule has 0 radical (unpaired) electrons. The van der Waals surface area contributed by atoms with Crippen LogP contribution in [-0.2, 0) is 4.74 Å². The van der Waals surface area contributed by atoms with Crippen molar-refractivity contribution in [2.45, 2.75) is 90.1 Å². The van der Waals surface area contributed by atoms with Crippen molar-refractivity contribution in [3.8, 4) is 0 Å². The van der Waals surface area contributed by atoms with E-state index in [1.54, 1.807) is 0 Å². The molecule has 0 atom stereocenters. The summed E-state index contributed by atoms with van der Waals surface area (Å²) in [4.78, 5) is 0. The van der Waals surface area contributed by atoms with Crippen LogP contribution in [0.15, 0.2) is 12.1 Å². The van der Waals surface area contributed by atoms with Gasteiger partial charge in [-0.3, -0.25) is 0 Å². The molecule has 2 rings (SSSR count). The van der Waals surface area contributed by atoms with Crippen LogP contribution in [0.1, 0.15) is 84.0 Å². The second-order valence-electron chi connectivity index (χ2n) is 7.65. The average molecular weight is 328 g/mol. The maximum atomic E-state index is 12.8. The van der Waals surface area contributed by atoms with Gasteiger partial charge < -0.3 is 4.74 Å². The first-order chi connectivity index (χ1) is 11.2. The third-order valence-electron chi connectivity index (χ3n) is 6.01. The molecule has 0 aromatic heterocycles. The van der Waals surface area contributed by atoms with Crippen molar-refractivity contribution in [1.82, 2.24) is 0 Å². The zero-order valence-corrected chi connectivity index (χ0v) is 14.7. The summed E-state index contributed by atoms with van der Waals surface area (Å²) in [6.07, 6.45) is 16.7. The lowest BCUT2D eigenvalue weighted by atomic mass is 9.70. The summed E-state index contributed by atoms with van der Waals surface area (Å²) in [5.74, 6) is 1.91. The van der Waals surface area contributed by atoms with Crippen LogP contribution in [0.2, 0.25) is 0 Å². The van der Waals surface area contributed by atoms with Gasteiger partial charge in [0.25, 0.3) is 0 Å². The smallest absolute Gasteiger partial charge is 0.165 e. The molecule has 0 unspecified atom stereocenters. The van der Waals surface area contributed by atoms with Gasteiger partial charge in [-0.15, -0.1) is 0 Å². The molecule has 0 N–H and O–H groups in total. The molecule has 0 aromatic carbocycles. The highest BCUT2D eigenvalue weighted by Gasteiger charge is 2.31. The molecule has 0 amide bonds. The molecule has 23 heavy (non-hydrogen) atoms. The molecule has 2 saturated carbocycles. The summed E-state index contributed by atoms with van der Waals surface area (Å²) in [6.45, 7) is 1.22. The number of ether oxygens (including phenoxy) is 1. The van der Waals surface area contributed by atoms with E-state index >= 15 is 0 Å². The van der Waals surface area contributed by atoms with Gasteiger partial charge in [-0.05, 0) is 56.3 Å². The minimum Gasteiger partial charge on any atom is -0.495 e. The first kappa shape index (κ1) is 18.7. The standard InChI is InChI=1S/C20H34F2O/c1-2-3-4-5-16-6-8-17(9-7-16)18-10-12-20(13-11-18)23-15-19(22)14-21/h15-18,20H,2-14H2,1H3/b19-15+. The first-order valence-corrected chi connectivity index (χ1v) is 9.78. The maximum Gasteiger partial charge on any atom is 0.165 e. The topological polar surface area (TPSA) is 9.23 Å². The number of allylic oxidation sites excluding steroid dienone is 1. The first-order valence-electron chi connectivity index (χ1n) is 9.78. The van der Waals surface area contributed by atoms with E-state index in [0.717, 1.165) is 36.9 Å². The fourth-order valence-corrected chi connectivity index (χ4v) is 4.53. The van der Waals surface area contributed by atoms with E-state index in [-0.39, 0.29) is 6.10 Å². The highest BCUT2D eigenvalue weighted by atomic mass is 19.2. The molecule has 0 aliphatic heterocycles. The van der Waals surface area contributed by atoms with E-state index in [0.29, 0.717) is 0 Å². The Kier molecular flexibility index (Phi) is 8.39. The van der Waals surface area contributed by atoms with Crippen LogP contribution in [0, 0.1) is 17.8 Å². The van der Waals surface area contributed by atoms with Crippen molar-refractivity contribution in [2.75, 3.05) is 6.67 Å². The van der Waals surface area contributed by atoms with Gasteiger partial charge in [-0.25, -0.2) is 8.78 Å². The molecule has 134 valence electrons. The largest absolute Gasteiger partial charge is 0.495 e. The molecular weight excluding hydrogens is 294 g/mol. The fraction of sp³-hybridized carbons (Fsp3) is 0.900. The number of unbranched alkanes of at least 4 members (excludes halogenated alkanes) is 2. The quantitative estimate of drug-likeness (QED) is 0.354. The monoisotopic (exact) mass is 328 g/mol. The van der Waals surface area contributed by atoms with Crippen LogP contribution in [0.3, 0.4) is 0 Å². The Morgan fingerprint density at radius 1 is 0.957 bits per heavy atom. The third-order valence-corrected chi connectivity index (χ3v) is 6.01. The van der Waals surface area contributed by atoms with Gasteiger partial charge in [0, 0.05) is 0 Å². The lowest BCUT2D eigenvalue weighted by molar-refractivity contribution is 0.0599. The van der Waals surface area contributed by atoms with Gasteiger partial charge in [0.1, 0.15) is 12.9 Å². The van der Waals surface area contributed by atoms with E-state index in [2.05, 4.69) is 6.92 Å². The highest BCUT2D eigenvalue weighted by molar-refractivity contribution is 4.87. The summed E-state index contributed by atoms with van der Waals surface area (Å²) >= 11 is 0. The molecular formula is C20H34F2O. The van der Waals surface area contributed by atoms with Crippen molar-refractivity contribution >= 4 is 0 Å². The molecule has 2 aliphatic rings.